The van der Waals surface area contributed by atoms with Crippen LogP contribution in [0.2, 0.25) is 0 Å². The number of hydrogen-bond acceptors (Lipinski definition) is 1. The van der Waals surface area contributed by atoms with Crippen LogP contribution in [-0.4, -0.2) is 5.78 Å². The van der Waals surface area contributed by atoms with Gasteiger partial charge in [0.15, 0.2) is 17.4 Å². The highest BCUT2D eigenvalue weighted by atomic mass is 79.9. The molecule has 18 heavy (non-hydrogen) atoms. The first-order valence-electron chi connectivity index (χ1n) is 4.94. The van der Waals surface area contributed by atoms with Crippen LogP contribution in [0, 0.1) is 17.5 Å². The van der Waals surface area contributed by atoms with Crippen LogP contribution in [0.25, 0.3) is 0 Å². The van der Waals surface area contributed by atoms with Gasteiger partial charge in [0.05, 0.1) is 0 Å². The Kier molecular flexibility index (Phi) is 3.52. The van der Waals surface area contributed by atoms with Crippen LogP contribution in [0.4, 0.5) is 13.2 Å². The molecule has 0 fully saturated rings. The van der Waals surface area contributed by atoms with Crippen molar-refractivity contribution >= 4 is 21.7 Å². The largest absolute Gasteiger partial charge is 0.289 e. The molecule has 0 aromatic heterocycles. The number of halogens is 4. The molecule has 0 saturated heterocycles. The molecular weight excluding hydrogens is 309 g/mol. The maximum Gasteiger partial charge on any atom is 0.194 e. The van der Waals surface area contributed by atoms with Gasteiger partial charge in [-0.3, -0.25) is 4.79 Å². The van der Waals surface area contributed by atoms with Crippen LogP contribution < -0.4 is 0 Å². The van der Waals surface area contributed by atoms with Crippen molar-refractivity contribution in [1.82, 2.24) is 0 Å². The highest BCUT2D eigenvalue weighted by Gasteiger charge is 2.15. The summed E-state index contributed by atoms with van der Waals surface area (Å²) in [6.45, 7) is 0. The van der Waals surface area contributed by atoms with Crippen LogP contribution in [0.3, 0.4) is 0 Å². The molecule has 0 radical (unpaired) electrons. The second-order valence-electron chi connectivity index (χ2n) is 3.58. The number of benzene rings is 2. The summed E-state index contributed by atoms with van der Waals surface area (Å²) >= 11 is 3.05. The Bertz CT molecular complexity index is 626. The van der Waals surface area contributed by atoms with Crippen molar-refractivity contribution in [2.24, 2.45) is 0 Å². The summed E-state index contributed by atoms with van der Waals surface area (Å²) in [5.74, 6) is -3.13. The van der Waals surface area contributed by atoms with Crippen LogP contribution in [0.5, 0.6) is 0 Å². The van der Waals surface area contributed by atoms with Crippen LogP contribution >= 0.6 is 15.9 Å². The lowest BCUT2D eigenvalue weighted by atomic mass is 10.0. The van der Waals surface area contributed by atoms with Crippen LogP contribution in [0.15, 0.2) is 40.9 Å². The summed E-state index contributed by atoms with van der Waals surface area (Å²) < 4.78 is 38.9. The lowest BCUT2D eigenvalue weighted by Crippen LogP contribution is -2.03. The van der Waals surface area contributed by atoms with E-state index in [1.807, 2.05) is 0 Å². The van der Waals surface area contributed by atoms with E-state index in [9.17, 15) is 18.0 Å². The monoisotopic (exact) mass is 314 g/mol. The average Bonchev–Trinajstić information content (AvgIpc) is 2.32. The molecule has 0 aliphatic heterocycles. The minimum atomic E-state index is -1.10. The molecule has 92 valence electrons. The van der Waals surface area contributed by atoms with Gasteiger partial charge in [-0.1, -0.05) is 0 Å². The van der Waals surface area contributed by atoms with Gasteiger partial charge >= 0.3 is 0 Å². The summed E-state index contributed by atoms with van der Waals surface area (Å²) in [6.07, 6.45) is 0. The van der Waals surface area contributed by atoms with Gasteiger partial charge in [-0.25, -0.2) is 13.2 Å². The van der Waals surface area contributed by atoms with E-state index in [1.165, 1.54) is 12.1 Å². The zero-order chi connectivity index (χ0) is 13.3. The minimum Gasteiger partial charge on any atom is -0.289 e. The number of ketones is 1. The Morgan fingerprint density at radius 2 is 1.67 bits per heavy atom. The SMILES string of the molecule is O=C(c1ccc(F)c(F)c1)c1ccc(F)cc1Br. The molecule has 0 saturated carbocycles. The van der Waals surface area contributed by atoms with Crippen molar-refractivity contribution in [3.63, 3.8) is 0 Å². The molecule has 0 bridgehead atoms. The fraction of sp³-hybridized carbons (Fsp3) is 0. The van der Waals surface area contributed by atoms with Crippen molar-refractivity contribution in [1.29, 1.82) is 0 Å². The maximum absolute atomic E-state index is 13.0. The summed E-state index contributed by atoms with van der Waals surface area (Å²) in [4.78, 5) is 12.0. The first-order valence-corrected chi connectivity index (χ1v) is 5.73. The Hall–Kier alpha value is -1.62. The van der Waals surface area contributed by atoms with Crippen LogP contribution in [-0.2, 0) is 0 Å². The second kappa shape index (κ2) is 4.94. The van der Waals surface area contributed by atoms with E-state index in [0.29, 0.717) is 0 Å². The second-order valence-corrected chi connectivity index (χ2v) is 4.44. The Labute approximate surface area is 109 Å². The zero-order valence-corrected chi connectivity index (χ0v) is 10.5. The van der Waals surface area contributed by atoms with Crippen molar-refractivity contribution < 1.29 is 18.0 Å². The highest BCUT2D eigenvalue weighted by molar-refractivity contribution is 9.10. The topological polar surface area (TPSA) is 17.1 Å². The molecule has 0 atom stereocenters. The minimum absolute atomic E-state index is 0.00112. The van der Waals surface area contributed by atoms with Gasteiger partial charge in [0, 0.05) is 15.6 Å². The molecule has 1 nitrogen and oxygen atoms in total. The molecule has 0 spiro atoms. The van der Waals surface area contributed by atoms with E-state index in [2.05, 4.69) is 15.9 Å². The summed E-state index contributed by atoms with van der Waals surface area (Å²) in [5, 5.41) is 0. The van der Waals surface area contributed by atoms with E-state index in [-0.39, 0.29) is 15.6 Å². The van der Waals surface area contributed by atoms with Gasteiger partial charge in [-0.05, 0) is 52.3 Å². The van der Waals surface area contributed by atoms with E-state index in [0.717, 1.165) is 24.3 Å². The fourth-order valence-corrected chi connectivity index (χ4v) is 2.00. The molecule has 0 aliphatic carbocycles. The number of rotatable bonds is 2. The molecule has 0 N–H and O–H groups in total. The van der Waals surface area contributed by atoms with Gasteiger partial charge in [0.1, 0.15) is 5.82 Å². The number of carbonyl (C=O) groups is 1. The molecule has 5 heteroatoms. The lowest BCUT2D eigenvalue weighted by molar-refractivity contribution is 0.103. The molecule has 2 rings (SSSR count). The maximum atomic E-state index is 13.0. The summed E-state index contributed by atoms with van der Waals surface area (Å²) in [7, 11) is 0. The van der Waals surface area contributed by atoms with E-state index >= 15 is 0 Å². The number of hydrogen-bond donors (Lipinski definition) is 0. The summed E-state index contributed by atoms with van der Waals surface area (Å²) in [5.41, 5.74) is 0.184. The molecule has 0 aliphatic rings. The van der Waals surface area contributed by atoms with Crippen molar-refractivity contribution in [2.75, 3.05) is 0 Å². The standard InChI is InChI=1S/C13H6BrF3O/c14-10-6-8(15)2-3-9(10)13(18)7-1-4-11(16)12(17)5-7/h1-6H. The third kappa shape index (κ3) is 2.46. The first-order chi connectivity index (χ1) is 8.49. The third-order valence-corrected chi connectivity index (χ3v) is 3.01. The van der Waals surface area contributed by atoms with Crippen molar-refractivity contribution in [3.8, 4) is 0 Å². The van der Waals surface area contributed by atoms with Gasteiger partial charge in [-0.15, -0.1) is 0 Å². The van der Waals surface area contributed by atoms with E-state index in [1.54, 1.807) is 0 Å². The number of carbonyl (C=O) groups excluding carboxylic acids is 1. The molecule has 0 unspecified atom stereocenters. The van der Waals surface area contributed by atoms with E-state index in [4.69, 9.17) is 0 Å². The molecule has 2 aromatic rings. The molecule has 0 amide bonds. The van der Waals surface area contributed by atoms with Gasteiger partial charge in [0.2, 0.25) is 0 Å². The van der Waals surface area contributed by atoms with Crippen molar-refractivity contribution in [2.45, 2.75) is 0 Å². The normalized spacial score (nSPS) is 10.4. The van der Waals surface area contributed by atoms with Crippen LogP contribution in [0.1, 0.15) is 15.9 Å². The van der Waals surface area contributed by atoms with Crippen molar-refractivity contribution in [3.05, 3.63) is 69.4 Å². The highest BCUT2D eigenvalue weighted by Crippen LogP contribution is 2.22. The zero-order valence-electron chi connectivity index (χ0n) is 8.88. The van der Waals surface area contributed by atoms with Gasteiger partial charge in [0.25, 0.3) is 0 Å². The Balaban J connectivity index is 2.44. The summed E-state index contributed by atoms with van der Waals surface area (Å²) in [6, 6.07) is 6.40. The quantitative estimate of drug-likeness (QED) is 0.763. The average molecular weight is 315 g/mol. The first kappa shape index (κ1) is 12.8. The smallest absolute Gasteiger partial charge is 0.194 e. The van der Waals surface area contributed by atoms with Gasteiger partial charge < -0.3 is 0 Å². The molecule has 0 heterocycles. The molecule has 2 aromatic carbocycles. The molecular formula is C13H6BrF3O. The predicted molar refractivity (Wildman–Crippen MR) is 63.9 cm³/mol. The van der Waals surface area contributed by atoms with E-state index < -0.39 is 23.2 Å². The lowest BCUT2D eigenvalue weighted by Gasteiger charge is -2.04. The Morgan fingerprint density at radius 3 is 2.28 bits per heavy atom. The Morgan fingerprint density at radius 1 is 0.944 bits per heavy atom. The predicted octanol–water partition coefficient (Wildman–Crippen LogP) is 4.10. The van der Waals surface area contributed by atoms with Gasteiger partial charge in [-0.2, -0.15) is 0 Å². The third-order valence-electron chi connectivity index (χ3n) is 2.36. The fourth-order valence-electron chi connectivity index (χ4n) is 1.47.